The van der Waals surface area contributed by atoms with Gasteiger partial charge < -0.3 is 10.4 Å². The second kappa shape index (κ2) is 5.94. The number of nitrogens with one attached hydrogen (secondary N) is 2. The van der Waals surface area contributed by atoms with Crippen molar-refractivity contribution in [1.29, 1.82) is 0 Å². The molecule has 1 aromatic heterocycles. The summed E-state index contributed by atoms with van der Waals surface area (Å²) >= 11 is 0.810. The lowest BCUT2D eigenvalue weighted by molar-refractivity contribution is -0.119. The number of rotatable bonds is 6. The number of carboxylic acid groups (broad SMARTS) is 1. The fraction of sp³-hybridized carbons (Fsp3) is 0.333. The number of sulfonamides is 1. The first-order valence-corrected chi connectivity index (χ1v) is 7.32. The summed E-state index contributed by atoms with van der Waals surface area (Å²) in [6.45, 7) is 1.66. The molecule has 0 saturated heterocycles. The Morgan fingerprint density at radius 1 is 1.44 bits per heavy atom. The summed E-state index contributed by atoms with van der Waals surface area (Å²) < 4.78 is 25.6. The number of hydrogen-bond acceptors (Lipinski definition) is 5. The molecule has 0 radical (unpaired) electrons. The molecule has 0 saturated carbocycles. The molecule has 0 aliphatic rings. The predicted molar refractivity (Wildman–Crippen MR) is 65.2 cm³/mol. The van der Waals surface area contributed by atoms with Crippen molar-refractivity contribution in [2.75, 3.05) is 13.1 Å². The molecule has 0 fully saturated rings. The standard InChI is InChI=1S/C9H12N2O5S2/c1-2-10-7(12)5-11-18(15,16)6-3-4-17-8(6)9(13)14/h3-4,11H,2,5H2,1H3,(H,10,12)(H,13,14). The highest BCUT2D eigenvalue weighted by Crippen LogP contribution is 2.21. The largest absolute Gasteiger partial charge is 0.477 e. The number of carbonyl (C=O) groups is 2. The lowest BCUT2D eigenvalue weighted by Gasteiger charge is -2.06. The van der Waals surface area contributed by atoms with E-state index in [1.54, 1.807) is 6.92 Å². The summed E-state index contributed by atoms with van der Waals surface area (Å²) in [5.41, 5.74) is 0. The van der Waals surface area contributed by atoms with Crippen molar-refractivity contribution in [3.05, 3.63) is 16.3 Å². The van der Waals surface area contributed by atoms with Crippen LogP contribution in [0, 0.1) is 0 Å². The zero-order valence-electron chi connectivity index (χ0n) is 9.47. The van der Waals surface area contributed by atoms with Crippen LogP contribution >= 0.6 is 11.3 Å². The number of carboxylic acids is 1. The molecule has 1 aromatic rings. The van der Waals surface area contributed by atoms with Gasteiger partial charge in [0.15, 0.2) is 0 Å². The minimum atomic E-state index is -3.99. The number of likely N-dealkylation sites (N-methyl/N-ethyl adjacent to an activating group) is 1. The summed E-state index contributed by atoms with van der Waals surface area (Å²) in [6.07, 6.45) is 0. The summed E-state index contributed by atoms with van der Waals surface area (Å²) in [7, 11) is -3.99. The first-order chi connectivity index (χ1) is 8.38. The highest BCUT2D eigenvalue weighted by Gasteiger charge is 2.23. The molecular weight excluding hydrogens is 280 g/mol. The molecule has 0 bridgehead atoms. The third kappa shape index (κ3) is 3.52. The van der Waals surface area contributed by atoms with Gasteiger partial charge in [0.1, 0.15) is 9.77 Å². The van der Waals surface area contributed by atoms with Crippen LogP contribution in [0.5, 0.6) is 0 Å². The van der Waals surface area contributed by atoms with Gasteiger partial charge in [-0.25, -0.2) is 17.9 Å². The Kier molecular flexibility index (Phi) is 4.82. The fourth-order valence-electron chi connectivity index (χ4n) is 1.16. The molecule has 0 aliphatic carbocycles. The van der Waals surface area contributed by atoms with E-state index in [-0.39, 0.29) is 9.77 Å². The molecule has 18 heavy (non-hydrogen) atoms. The monoisotopic (exact) mass is 292 g/mol. The minimum absolute atomic E-state index is 0.279. The van der Waals surface area contributed by atoms with Gasteiger partial charge in [0, 0.05) is 6.54 Å². The SMILES string of the molecule is CCNC(=O)CNS(=O)(=O)c1ccsc1C(=O)O. The van der Waals surface area contributed by atoms with Crippen molar-refractivity contribution < 1.29 is 23.1 Å². The van der Waals surface area contributed by atoms with Gasteiger partial charge in [-0.1, -0.05) is 0 Å². The molecule has 0 aliphatic heterocycles. The van der Waals surface area contributed by atoms with E-state index in [0.717, 1.165) is 11.3 Å². The first kappa shape index (κ1) is 14.6. The number of carbonyl (C=O) groups excluding carboxylic acids is 1. The number of amides is 1. The van der Waals surface area contributed by atoms with Crippen molar-refractivity contribution >= 4 is 33.2 Å². The summed E-state index contributed by atoms with van der Waals surface area (Å²) in [5, 5.41) is 12.6. The van der Waals surface area contributed by atoms with Crippen LogP contribution in [0.15, 0.2) is 16.3 Å². The maximum Gasteiger partial charge on any atom is 0.347 e. The summed E-state index contributed by atoms with van der Waals surface area (Å²) in [4.78, 5) is 21.3. The second-order valence-electron chi connectivity index (χ2n) is 3.20. The Balaban J connectivity index is 2.84. The topological polar surface area (TPSA) is 113 Å². The van der Waals surface area contributed by atoms with E-state index in [1.807, 2.05) is 4.72 Å². The van der Waals surface area contributed by atoms with Crippen LogP contribution in [0.4, 0.5) is 0 Å². The average Bonchev–Trinajstić information content (AvgIpc) is 2.76. The van der Waals surface area contributed by atoms with Crippen LogP contribution in [0.3, 0.4) is 0 Å². The lowest BCUT2D eigenvalue weighted by atomic mass is 10.5. The van der Waals surface area contributed by atoms with E-state index in [4.69, 9.17) is 5.11 Å². The second-order valence-corrected chi connectivity index (χ2v) is 5.85. The van der Waals surface area contributed by atoms with Gasteiger partial charge in [-0.05, 0) is 18.4 Å². The Hall–Kier alpha value is -1.45. The molecule has 1 amide bonds. The van der Waals surface area contributed by atoms with Gasteiger partial charge in [-0.3, -0.25) is 4.79 Å². The molecule has 0 aromatic carbocycles. The van der Waals surface area contributed by atoms with E-state index in [0.29, 0.717) is 6.54 Å². The van der Waals surface area contributed by atoms with Gasteiger partial charge in [0.2, 0.25) is 15.9 Å². The Morgan fingerprint density at radius 3 is 2.67 bits per heavy atom. The molecule has 9 heteroatoms. The summed E-state index contributed by atoms with van der Waals surface area (Å²) in [5.74, 6) is -1.79. The fourth-order valence-corrected chi connectivity index (χ4v) is 3.40. The van der Waals surface area contributed by atoms with Crippen LogP contribution in [0.1, 0.15) is 16.6 Å². The van der Waals surface area contributed by atoms with Crippen LogP contribution in [-0.4, -0.2) is 38.5 Å². The third-order valence-corrected chi connectivity index (χ3v) is 4.38. The molecule has 3 N–H and O–H groups in total. The lowest BCUT2D eigenvalue weighted by Crippen LogP contribution is -2.37. The van der Waals surface area contributed by atoms with Crippen LogP contribution in [0.25, 0.3) is 0 Å². The van der Waals surface area contributed by atoms with Crippen LogP contribution < -0.4 is 10.0 Å². The normalized spacial score (nSPS) is 11.2. The highest BCUT2D eigenvalue weighted by molar-refractivity contribution is 7.89. The number of thiophene rings is 1. The Bertz CT molecular complexity index is 549. The zero-order chi connectivity index (χ0) is 13.8. The van der Waals surface area contributed by atoms with Crippen LogP contribution in [-0.2, 0) is 14.8 Å². The van der Waals surface area contributed by atoms with E-state index in [2.05, 4.69) is 5.32 Å². The quantitative estimate of drug-likeness (QED) is 0.675. The molecular formula is C9H12N2O5S2. The van der Waals surface area contributed by atoms with Gasteiger partial charge in [-0.2, -0.15) is 0 Å². The van der Waals surface area contributed by atoms with Crippen molar-refractivity contribution in [1.82, 2.24) is 10.0 Å². The van der Waals surface area contributed by atoms with Gasteiger partial charge in [0.05, 0.1) is 6.54 Å². The minimum Gasteiger partial charge on any atom is -0.477 e. The maximum absolute atomic E-state index is 11.8. The first-order valence-electron chi connectivity index (χ1n) is 4.95. The van der Waals surface area contributed by atoms with Crippen molar-refractivity contribution in [3.8, 4) is 0 Å². The number of hydrogen-bond donors (Lipinski definition) is 3. The van der Waals surface area contributed by atoms with Crippen molar-refractivity contribution in [3.63, 3.8) is 0 Å². The van der Waals surface area contributed by atoms with Gasteiger partial charge in [-0.15, -0.1) is 11.3 Å². The van der Waals surface area contributed by atoms with Crippen molar-refractivity contribution in [2.24, 2.45) is 0 Å². The third-order valence-electron chi connectivity index (χ3n) is 1.91. The molecule has 1 heterocycles. The van der Waals surface area contributed by atoms with E-state index < -0.39 is 28.4 Å². The molecule has 0 unspecified atom stereocenters. The van der Waals surface area contributed by atoms with Gasteiger partial charge >= 0.3 is 5.97 Å². The summed E-state index contributed by atoms with van der Waals surface area (Å²) in [6, 6.07) is 1.19. The maximum atomic E-state index is 11.8. The van der Waals surface area contributed by atoms with E-state index >= 15 is 0 Å². The molecule has 0 atom stereocenters. The smallest absolute Gasteiger partial charge is 0.347 e. The molecule has 1 rings (SSSR count). The Labute approximate surface area is 108 Å². The van der Waals surface area contributed by atoms with Gasteiger partial charge in [0.25, 0.3) is 0 Å². The predicted octanol–water partition coefficient (Wildman–Crippen LogP) is -0.139. The molecule has 100 valence electrons. The Morgan fingerprint density at radius 2 is 2.11 bits per heavy atom. The number of aromatic carboxylic acids is 1. The van der Waals surface area contributed by atoms with E-state index in [1.165, 1.54) is 11.4 Å². The highest BCUT2D eigenvalue weighted by atomic mass is 32.2. The molecule has 7 nitrogen and oxygen atoms in total. The average molecular weight is 292 g/mol. The van der Waals surface area contributed by atoms with E-state index in [9.17, 15) is 18.0 Å². The van der Waals surface area contributed by atoms with Crippen LogP contribution in [0.2, 0.25) is 0 Å². The zero-order valence-corrected chi connectivity index (χ0v) is 11.1. The molecule has 0 spiro atoms. The van der Waals surface area contributed by atoms with Crippen molar-refractivity contribution in [2.45, 2.75) is 11.8 Å².